The van der Waals surface area contributed by atoms with E-state index in [0.717, 1.165) is 6.42 Å². The van der Waals surface area contributed by atoms with E-state index in [9.17, 15) is 0 Å². The summed E-state index contributed by atoms with van der Waals surface area (Å²) in [7, 11) is 1.98. The number of halogens is 1. The molecule has 1 atom stereocenters. The van der Waals surface area contributed by atoms with Gasteiger partial charge in [-0.3, -0.25) is 0 Å². The number of rotatable bonds is 1. The van der Waals surface area contributed by atoms with E-state index in [1.165, 1.54) is 17.0 Å². The van der Waals surface area contributed by atoms with Crippen molar-refractivity contribution in [1.82, 2.24) is 10.3 Å². The summed E-state index contributed by atoms with van der Waals surface area (Å²) >= 11 is 7.38. The molecule has 0 fully saturated rings. The standard InChI is InChI=1S/C7H9ClN2S/c1-9-4-2-3-5-6(4)11-7(8)10-5/h4,9H,2-3H2,1H3. The summed E-state index contributed by atoms with van der Waals surface area (Å²) in [5.74, 6) is 0. The summed E-state index contributed by atoms with van der Waals surface area (Å²) in [5.41, 5.74) is 1.19. The van der Waals surface area contributed by atoms with Crippen LogP contribution in [0.3, 0.4) is 0 Å². The Labute approximate surface area is 74.6 Å². The molecule has 1 N–H and O–H groups in total. The van der Waals surface area contributed by atoms with Gasteiger partial charge in [-0.15, -0.1) is 11.3 Å². The van der Waals surface area contributed by atoms with Crippen molar-refractivity contribution in [2.75, 3.05) is 7.05 Å². The van der Waals surface area contributed by atoms with E-state index in [1.54, 1.807) is 11.3 Å². The number of thiazole rings is 1. The van der Waals surface area contributed by atoms with Gasteiger partial charge in [0.25, 0.3) is 0 Å². The molecule has 0 aliphatic heterocycles. The highest BCUT2D eigenvalue weighted by Gasteiger charge is 2.24. The lowest BCUT2D eigenvalue weighted by atomic mass is 10.3. The number of fused-ring (bicyclic) bond motifs is 1. The van der Waals surface area contributed by atoms with E-state index in [4.69, 9.17) is 11.6 Å². The Morgan fingerprint density at radius 3 is 3.27 bits per heavy atom. The highest BCUT2D eigenvalue weighted by molar-refractivity contribution is 7.16. The number of aryl methyl sites for hydroxylation is 1. The molecule has 60 valence electrons. The normalized spacial score (nSPS) is 22.2. The number of nitrogens with zero attached hydrogens (tertiary/aromatic N) is 1. The van der Waals surface area contributed by atoms with Crippen LogP contribution < -0.4 is 5.32 Å². The molecule has 2 nitrogen and oxygen atoms in total. The number of nitrogens with one attached hydrogen (secondary N) is 1. The fraction of sp³-hybridized carbons (Fsp3) is 0.571. The SMILES string of the molecule is CNC1CCc2nc(Cl)sc21. The molecule has 0 aromatic carbocycles. The zero-order valence-electron chi connectivity index (χ0n) is 6.22. The molecule has 0 amide bonds. The van der Waals surface area contributed by atoms with Crippen molar-refractivity contribution in [2.24, 2.45) is 0 Å². The van der Waals surface area contributed by atoms with E-state index in [2.05, 4.69) is 10.3 Å². The first-order chi connectivity index (χ1) is 5.31. The van der Waals surface area contributed by atoms with Gasteiger partial charge in [0.05, 0.1) is 5.69 Å². The molecule has 0 spiro atoms. The van der Waals surface area contributed by atoms with Crippen LogP contribution in [0.25, 0.3) is 0 Å². The van der Waals surface area contributed by atoms with E-state index in [-0.39, 0.29) is 0 Å². The van der Waals surface area contributed by atoms with Crippen LogP contribution in [0.5, 0.6) is 0 Å². The number of hydrogen-bond acceptors (Lipinski definition) is 3. The zero-order valence-corrected chi connectivity index (χ0v) is 7.80. The Morgan fingerprint density at radius 1 is 1.73 bits per heavy atom. The summed E-state index contributed by atoms with van der Waals surface area (Å²) in [6.45, 7) is 0. The molecular formula is C7H9ClN2S. The predicted octanol–water partition coefficient (Wildman–Crippen LogP) is 2.00. The van der Waals surface area contributed by atoms with Gasteiger partial charge in [0.15, 0.2) is 4.47 Å². The highest BCUT2D eigenvalue weighted by Crippen LogP contribution is 2.36. The molecule has 0 saturated carbocycles. The van der Waals surface area contributed by atoms with Gasteiger partial charge >= 0.3 is 0 Å². The Hall–Kier alpha value is -0.120. The van der Waals surface area contributed by atoms with Gasteiger partial charge in [0, 0.05) is 10.9 Å². The molecule has 0 radical (unpaired) electrons. The molecule has 0 saturated heterocycles. The molecule has 0 bridgehead atoms. The third-order valence-electron chi connectivity index (χ3n) is 2.04. The highest BCUT2D eigenvalue weighted by atomic mass is 35.5. The van der Waals surface area contributed by atoms with Gasteiger partial charge in [-0.25, -0.2) is 4.98 Å². The predicted molar refractivity (Wildman–Crippen MR) is 47.2 cm³/mol. The Balaban J connectivity index is 2.37. The largest absolute Gasteiger partial charge is 0.312 e. The topological polar surface area (TPSA) is 24.9 Å². The quantitative estimate of drug-likeness (QED) is 0.730. The van der Waals surface area contributed by atoms with E-state index >= 15 is 0 Å². The summed E-state index contributed by atoms with van der Waals surface area (Å²) in [4.78, 5) is 5.56. The third-order valence-corrected chi connectivity index (χ3v) is 3.35. The molecule has 4 heteroatoms. The fourth-order valence-corrected chi connectivity index (χ4v) is 2.80. The van der Waals surface area contributed by atoms with E-state index in [0.29, 0.717) is 10.5 Å². The molecule has 1 heterocycles. The monoisotopic (exact) mass is 188 g/mol. The van der Waals surface area contributed by atoms with Crippen molar-refractivity contribution in [1.29, 1.82) is 0 Å². The molecule has 2 rings (SSSR count). The maximum atomic E-state index is 5.78. The summed E-state index contributed by atoms with van der Waals surface area (Å²) in [6.07, 6.45) is 2.24. The Kier molecular flexibility index (Phi) is 1.87. The second-order valence-electron chi connectivity index (χ2n) is 2.66. The lowest BCUT2D eigenvalue weighted by molar-refractivity contribution is 0.596. The van der Waals surface area contributed by atoms with Crippen LogP contribution in [0, 0.1) is 0 Å². The van der Waals surface area contributed by atoms with Crippen molar-refractivity contribution < 1.29 is 0 Å². The second-order valence-corrected chi connectivity index (χ2v) is 4.27. The van der Waals surface area contributed by atoms with Crippen LogP contribution >= 0.6 is 22.9 Å². The van der Waals surface area contributed by atoms with E-state index < -0.39 is 0 Å². The fourth-order valence-electron chi connectivity index (χ4n) is 1.47. The van der Waals surface area contributed by atoms with Gasteiger partial charge < -0.3 is 5.32 Å². The first kappa shape index (κ1) is 7.53. The molecule has 1 aliphatic rings. The smallest absolute Gasteiger partial charge is 0.184 e. The van der Waals surface area contributed by atoms with Gasteiger partial charge in [0.1, 0.15) is 0 Å². The minimum atomic E-state index is 0.495. The van der Waals surface area contributed by atoms with Crippen molar-refractivity contribution in [3.63, 3.8) is 0 Å². The Bertz CT molecular complexity index is 271. The maximum absolute atomic E-state index is 5.78. The summed E-state index contributed by atoms with van der Waals surface area (Å²) in [6, 6.07) is 0.495. The first-order valence-electron chi connectivity index (χ1n) is 3.63. The molecule has 1 aliphatic carbocycles. The molecule has 1 unspecified atom stereocenters. The van der Waals surface area contributed by atoms with Crippen molar-refractivity contribution in [3.8, 4) is 0 Å². The Morgan fingerprint density at radius 2 is 2.55 bits per heavy atom. The molecule has 1 aromatic heterocycles. The van der Waals surface area contributed by atoms with Crippen molar-refractivity contribution in [3.05, 3.63) is 15.0 Å². The van der Waals surface area contributed by atoms with Crippen molar-refractivity contribution in [2.45, 2.75) is 18.9 Å². The number of hydrogen-bond donors (Lipinski definition) is 1. The molecule has 1 aromatic rings. The van der Waals surface area contributed by atoms with Crippen LogP contribution in [0.4, 0.5) is 0 Å². The van der Waals surface area contributed by atoms with E-state index in [1.807, 2.05) is 7.05 Å². The summed E-state index contributed by atoms with van der Waals surface area (Å²) < 4.78 is 0.676. The van der Waals surface area contributed by atoms with Gasteiger partial charge in [0.2, 0.25) is 0 Å². The minimum absolute atomic E-state index is 0.495. The first-order valence-corrected chi connectivity index (χ1v) is 4.83. The van der Waals surface area contributed by atoms with Gasteiger partial charge in [-0.2, -0.15) is 0 Å². The zero-order chi connectivity index (χ0) is 7.84. The van der Waals surface area contributed by atoms with Crippen LogP contribution in [-0.4, -0.2) is 12.0 Å². The second kappa shape index (κ2) is 2.73. The summed E-state index contributed by atoms with van der Waals surface area (Å²) in [5, 5.41) is 3.25. The van der Waals surface area contributed by atoms with Gasteiger partial charge in [-0.1, -0.05) is 11.6 Å². The molecule has 11 heavy (non-hydrogen) atoms. The average Bonchev–Trinajstić information content (AvgIpc) is 2.45. The van der Waals surface area contributed by atoms with Crippen LogP contribution in [0.1, 0.15) is 23.0 Å². The maximum Gasteiger partial charge on any atom is 0.184 e. The van der Waals surface area contributed by atoms with Crippen LogP contribution in [-0.2, 0) is 6.42 Å². The lowest BCUT2D eigenvalue weighted by Crippen LogP contribution is -2.11. The van der Waals surface area contributed by atoms with Crippen LogP contribution in [0.2, 0.25) is 4.47 Å². The molecular weight excluding hydrogens is 180 g/mol. The van der Waals surface area contributed by atoms with Crippen LogP contribution in [0.15, 0.2) is 0 Å². The third kappa shape index (κ3) is 1.17. The van der Waals surface area contributed by atoms with Crippen molar-refractivity contribution >= 4 is 22.9 Å². The average molecular weight is 189 g/mol. The minimum Gasteiger partial charge on any atom is -0.312 e. The number of aromatic nitrogens is 1. The lowest BCUT2D eigenvalue weighted by Gasteiger charge is -2.04. The van der Waals surface area contributed by atoms with Gasteiger partial charge in [-0.05, 0) is 19.9 Å².